The molecule has 3 aromatic rings. The topological polar surface area (TPSA) is 30.8 Å². The van der Waals surface area contributed by atoms with E-state index in [1.165, 1.54) is 12.1 Å². The van der Waals surface area contributed by atoms with Gasteiger partial charge in [-0.2, -0.15) is 0 Å². The molecule has 0 aromatic heterocycles. The number of hydrogen-bond donors (Lipinski definition) is 0. The number of nitrogens with zero attached hydrogens (tertiary/aromatic N) is 1. The fourth-order valence-corrected chi connectivity index (χ4v) is 2.39. The first-order valence-corrected chi connectivity index (χ1v) is 8.99. The Kier molecular flexibility index (Phi) is 6.22. The number of benzene rings is 3. The van der Waals surface area contributed by atoms with Gasteiger partial charge in [0.05, 0.1) is 11.9 Å². The highest BCUT2D eigenvalue weighted by molar-refractivity contribution is 5.96. The summed E-state index contributed by atoms with van der Waals surface area (Å²) in [6.07, 6.45) is 1.58. The smallest absolute Gasteiger partial charge is 0.225 e. The van der Waals surface area contributed by atoms with Crippen LogP contribution in [0.25, 0.3) is 0 Å². The maximum absolute atomic E-state index is 13.5. The SMILES string of the molecule is CC(=COc1ccc(C)cc1)C(=Nc1ccc(C)cc1)Oc1cccc(F)c1. The van der Waals surface area contributed by atoms with E-state index in [1.807, 2.05) is 69.3 Å². The maximum Gasteiger partial charge on any atom is 0.225 e. The zero-order valence-electron chi connectivity index (χ0n) is 16.1. The molecule has 0 amide bonds. The molecule has 0 aliphatic rings. The van der Waals surface area contributed by atoms with Crippen molar-refractivity contribution in [2.45, 2.75) is 20.8 Å². The van der Waals surface area contributed by atoms with Crippen molar-refractivity contribution in [3.63, 3.8) is 0 Å². The third-order valence-electron chi connectivity index (χ3n) is 4.01. The Morgan fingerprint density at radius 2 is 1.50 bits per heavy atom. The van der Waals surface area contributed by atoms with E-state index >= 15 is 0 Å². The average molecular weight is 375 g/mol. The van der Waals surface area contributed by atoms with Gasteiger partial charge in [0.2, 0.25) is 5.90 Å². The highest BCUT2D eigenvalue weighted by Crippen LogP contribution is 2.20. The predicted molar refractivity (Wildman–Crippen MR) is 111 cm³/mol. The van der Waals surface area contributed by atoms with Crippen LogP contribution in [0, 0.1) is 19.7 Å². The fourth-order valence-electron chi connectivity index (χ4n) is 2.39. The molecule has 0 fully saturated rings. The molecular weight excluding hydrogens is 353 g/mol. The molecule has 0 aliphatic carbocycles. The molecule has 142 valence electrons. The van der Waals surface area contributed by atoms with Crippen LogP contribution in [0.2, 0.25) is 0 Å². The van der Waals surface area contributed by atoms with Gasteiger partial charge >= 0.3 is 0 Å². The van der Waals surface area contributed by atoms with Crippen LogP contribution in [0.3, 0.4) is 0 Å². The van der Waals surface area contributed by atoms with E-state index in [1.54, 1.807) is 18.4 Å². The van der Waals surface area contributed by atoms with Gasteiger partial charge in [0.25, 0.3) is 0 Å². The van der Waals surface area contributed by atoms with Crippen LogP contribution in [0.4, 0.5) is 10.1 Å². The number of aryl methyl sites for hydroxylation is 2. The summed E-state index contributed by atoms with van der Waals surface area (Å²) in [5.41, 5.74) is 3.70. The van der Waals surface area contributed by atoms with E-state index in [2.05, 4.69) is 4.99 Å². The Morgan fingerprint density at radius 3 is 2.14 bits per heavy atom. The van der Waals surface area contributed by atoms with Crippen molar-refractivity contribution < 1.29 is 13.9 Å². The van der Waals surface area contributed by atoms with E-state index in [9.17, 15) is 4.39 Å². The number of hydrogen-bond acceptors (Lipinski definition) is 3. The number of aliphatic imine (C=N–C) groups is 1. The van der Waals surface area contributed by atoms with Crippen LogP contribution >= 0.6 is 0 Å². The largest absolute Gasteiger partial charge is 0.465 e. The molecule has 0 unspecified atom stereocenters. The van der Waals surface area contributed by atoms with E-state index in [-0.39, 0.29) is 5.82 Å². The Morgan fingerprint density at radius 1 is 0.857 bits per heavy atom. The predicted octanol–water partition coefficient (Wildman–Crippen LogP) is 6.53. The lowest BCUT2D eigenvalue weighted by molar-refractivity contribution is 0.473. The summed E-state index contributed by atoms with van der Waals surface area (Å²) in [6, 6.07) is 21.4. The first kappa shape index (κ1) is 19.4. The molecule has 4 heteroatoms. The number of ether oxygens (including phenoxy) is 2. The lowest BCUT2D eigenvalue weighted by Crippen LogP contribution is -2.11. The highest BCUT2D eigenvalue weighted by atomic mass is 19.1. The fraction of sp³-hybridized carbons (Fsp3) is 0.125. The molecule has 0 radical (unpaired) electrons. The van der Waals surface area contributed by atoms with Gasteiger partial charge in [-0.05, 0) is 57.2 Å². The van der Waals surface area contributed by atoms with Gasteiger partial charge in [-0.3, -0.25) is 0 Å². The zero-order valence-corrected chi connectivity index (χ0v) is 16.1. The summed E-state index contributed by atoms with van der Waals surface area (Å²) in [6.45, 7) is 5.86. The third kappa shape index (κ3) is 5.55. The molecule has 3 rings (SSSR count). The standard InChI is InChI=1S/C24H22FNO2/c1-17-7-11-21(12-8-17)26-24(28-23-6-4-5-20(25)15-23)19(3)16-27-22-13-9-18(2)10-14-22/h4-16H,1-3H3. The van der Waals surface area contributed by atoms with Crippen molar-refractivity contribution in [1.82, 2.24) is 0 Å². The van der Waals surface area contributed by atoms with Gasteiger partial charge in [0, 0.05) is 11.6 Å². The second-order valence-electron chi connectivity index (χ2n) is 6.54. The van der Waals surface area contributed by atoms with Crippen LogP contribution < -0.4 is 9.47 Å². The molecular formula is C24H22FNO2. The molecule has 0 saturated carbocycles. The van der Waals surface area contributed by atoms with Crippen molar-refractivity contribution in [3.05, 3.63) is 102 Å². The lowest BCUT2D eigenvalue weighted by atomic mass is 10.2. The van der Waals surface area contributed by atoms with Crippen LogP contribution in [0.1, 0.15) is 18.1 Å². The number of rotatable bonds is 5. The first-order valence-electron chi connectivity index (χ1n) is 8.99. The van der Waals surface area contributed by atoms with Crippen LogP contribution in [-0.4, -0.2) is 5.90 Å². The molecule has 0 aliphatic heterocycles. The summed E-state index contributed by atoms with van der Waals surface area (Å²) >= 11 is 0. The normalized spacial score (nSPS) is 12.0. The van der Waals surface area contributed by atoms with Gasteiger partial charge < -0.3 is 9.47 Å². The minimum atomic E-state index is -0.371. The van der Waals surface area contributed by atoms with E-state index in [0.717, 1.165) is 16.8 Å². The van der Waals surface area contributed by atoms with E-state index in [0.29, 0.717) is 23.0 Å². The van der Waals surface area contributed by atoms with Crippen molar-refractivity contribution in [3.8, 4) is 11.5 Å². The summed E-state index contributed by atoms with van der Waals surface area (Å²) in [7, 11) is 0. The summed E-state index contributed by atoms with van der Waals surface area (Å²) < 4.78 is 25.1. The third-order valence-corrected chi connectivity index (χ3v) is 4.01. The molecule has 3 aromatic carbocycles. The van der Waals surface area contributed by atoms with Crippen LogP contribution in [0.5, 0.6) is 11.5 Å². The molecule has 0 saturated heterocycles. The van der Waals surface area contributed by atoms with Gasteiger partial charge in [-0.1, -0.05) is 41.5 Å². The van der Waals surface area contributed by atoms with Crippen molar-refractivity contribution in [2.75, 3.05) is 0 Å². The summed E-state index contributed by atoms with van der Waals surface area (Å²) in [5.74, 6) is 1.05. The van der Waals surface area contributed by atoms with Crippen molar-refractivity contribution in [2.24, 2.45) is 4.99 Å². The monoisotopic (exact) mass is 375 g/mol. The van der Waals surface area contributed by atoms with Gasteiger partial charge in [0.1, 0.15) is 17.3 Å². The Bertz CT molecular complexity index is 990. The lowest BCUT2D eigenvalue weighted by Gasteiger charge is -2.10. The van der Waals surface area contributed by atoms with Crippen LogP contribution in [0.15, 0.2) is 89.6 Å². The highest BCUT2D eigenvalue weighted by Gasteiger charge is 2.09. The molecule has 0 atom stereocenters. The Labute approximate surface area is 164 Å². The second-order valence-corrected chi connectivity index (χ2v) is 6.54. The van der Waals surface area contributed by atoms with Crippen LogP contribution in [-0.2, 0) is 0 Å². The molecule has 0 N–H and O–H groups in total. The summed E-state index contributed by atoms with van der Waals surface area (Å²) in [5, 5.41) is 0. The zero-order chi connectivity index (χ0) is 19.9. The Balaban J connectivity index is 1.88. The van der Waals surface area contributed by atoms with Gasteiger partial charge in [-0.15, -0.1) is 0 Å². The quantitative estimate of drug-likeness (QED) is 0.288. The Hall–Kier alpha value is -3.40. The summed E-state index contributed by atoms with van der Waals surface area (Å²) in [4.78, 5) is 4.57. The van der Waals surface area contributed by atoms with Crippen molar-refractivity contribution >= 4 is 11.6 Å². The molecule has 0 heterocycles. The molecule has 28 heavy (non-hydrogen) atoms. The van der Waals surface area contributed by atoms with E-state index in [4.69, 9.17) is 9.47 Å². The average Bonchev–Trinajstić information content (AvgIpc) is 2.68. The van der Waals surface area contributed by atoms with E-state index < -0.39 is 0 Å². The number of halogens is 1. The first-order chi connectivity index (χ1) is 13.5. The second kappa shape index (κ2) is 9.00. The molecule has 0 spiro atoms. The maximum atomic E-state index is 13.5. The molecule has 3 nitrogen and oxygen atoms in total. The van der Waals surface area contributed by atoms with Gasteiger partial charge in [-0.25, -0.2) is 9.38 Å². The molecule has 0 bridgehead atoms. The minimum absolute atomic E-state index is 0.335. The minimum Gasteiger partial charge on any atom is -0.465 e. The van der Waals surface area contributed by atoms with Gasteiger partial charge in [0.15, 0.2) is 0 Å². The van der Waals surface area contributed by atoms with Crippen molar-refractivity contribution in [1.29, 1.82) is 0 Å².